The van der Waals surface area contributed by atoms with Gasteiger partial charge in [0.15, 0.2) is 0 Å². The molecule has 290 valence electrons. The fourth-order valence-corrected chi connectivity index (χ4v) is 10.2. The molecule has 0 saturated carbocycles. The molecule has 0 amide bonds. The summed E-state index contributed by atoms with van der Waals surface area (Å²) in [4.78, 5) is 2.36. The summed E-state index contributed by atoms with van der Waals surface area (Å²) in [7, 11) is 2.23. The van der Waals surface area contributed by atoms with Crippen molar-refractivity contribution in [2.75, 3.05) is 4.90 Å². The van der Waals surface area contributed by atoms with Crippen LogP contribution < -0.4 is 4.90 Å². The third kappa shape index (κ3) is 5.37. The minimum atomic E-state index is -0.210. The summed E-state index contributed by atoms with van der Waals surface area (Å²) in [6.07, 6.45) is 0. The van der Waals surface area contributed by atoms with Gasteiger partial charge in [-0.25, -0.2) is 0 Å². The van der Waals surface area contributed by atoms with E-state index in [1.54, 1.807) is 0 Å². The summed E-state index contributed by atoms with van der Waals surface area (Å²) < 4.78 is 4.95. The van der Waals surface area contributed by atoms with Gasteiger partial charge in [-0.3, -0.25) is 0 Å². The molecule has 11 aromatic rings. The minimum absolute atomic E-state index is 0.210. The highest BCUT2D eigenvalue weighted by atomic mass is 15.1. The molecule has 12 rings (SSSR count). The maximum Gasteiger partial charge on any atom is 0.0603 e. The number of para-hydroxylation sites is 2. The number of benzene rings is 9. The SMILES string of the molecule is Cn1c2ccccc2c2cc3c4c(c5ccccc5n4-c4cc(-c5ccc(N(c6ccc(-c7ccccc7)cc6)c6ccc(-c7ccccc7)cc6)cc5)ccc4C3(C)C)c21. The van der Waals surface area contributed by atoms with Crippen molar-refractivity contribution >= 4 is 60.7 Å². The van der Waals surface area contributed by atoms with Crippen LogP contribution >= 0.6 is 0 Å². The Bertz CT molecular complexity index is 3380. The van der Waals surface area contributed by atoms with E-state index in [4.69, 9.17) is 0 Å². The Morgan fingerprint density at radius 3 is 1.41 bits per heavy atom. The lowest BCUT2D eigenvalue weighted by molar-refractivity contribution is 0.631. The van der Waals surface area contributed by atoms with Gasteiger partial charge in [0.25, 0.3) is 0 Å². The first kappa shape index (κ1) is 35.3. The van der Waals surface area contributed by atoms with E-state index in [0.717, 1.165) is 17.1 Å². The standard InChI is InChI=1S/C58H43N3/c1-58(2)50-35-28-43(36-54(50)61-53-21-13-11-19-48(53)55-56-49(37-51(58)57(55)61)47-18-10-12-20-52(47)59(56)3)42-26-33-46(34-27-42)60(44-29-22-40(23-30-44)38-14-6-4-7-15-38)45-31-24-41(25-32-45)39-16-8-5-9-17-39/h4-37H,1-3H3. The van der Waals surface area contributed by atoms with Crippen molar-refractivity contribution in [2.24, 2.45) is 7.05 Å². The van der Waals surface area contributed by atoms with E-state index in [2.05, 4.69) is 241 Å². The Balaban J connectivity index is 0.981. The first-order chi connectivity index (χ1) is 29.9. The molecule has 0 saturated heterocycles. The van der Waals surface area contributed by atoms with Crippen LogP contribution in [-0.2, 0) is 12.5 Å². The summed E-state index contributed by atoms with van der Waals surface area (Å²) in [5.41, 5.74) is 19.4. The number of hydrogen-bond donors (Lipinski definition) is 0. The summed E-state index contributed by atoms with van der Waals surface area (Å²) >= 11 is 0. The molecule has 0 radical (unpaired) electrons. The lowest BCUT2D eigenvalue weighted by Gasteiger charge is -2.35. The fourth-order valence-electron chi connectivity index (χ4n) is 10.2. The van der Waals surface area contributed by atoms with Crippen LogP contribution in [0.3, 0.4) is 0 Å². The van der Waals surface area contributed by atoms with E-state index in [1.807, 2.05) is 0 Å². The average Bonchev–Trinajstić information content (AvgIpc) is 3.81. The molecule has 0 N–H and O–H groups in total. The lowest BCUT2D eigenvalue weighted by atomic mass is 9.74. The molecule has 0 unspecified atom stereocenters. The summed E-state index contributed by atoms with van der Waals surface area (Å²) in [5, 5.41) is 5.26. The van der Waals surface area contributed by atoms with Crippen molar-refractivity contribution in [3.63, 3.8) is 0 Å². The van der Waals surface area contributed by atoms with Crippen molar-refractivity contribution in [3.05, 3.63) is 217 Å². The monoisotopic (exact) mass is 781 g/mol. The van der Waals surface area contributed by atoms with Gasteiger partial charge in [-0.05, 0) is 105 Å². The van der Waals surface area contributed by atoms with Crippen LogP contribution in [0.4, 0.5) is 17.1 Å². The van der Waals surface area contributed by atoms with E-state index in [1.165, 1.54) is 93.8 Å². The summed E-state index contributed by atoms with van der Waals surface area (Å²) in [6, 6.07) is 75.6. The van der Waals surface area contributed by atoms with Crippen molar-refractivity contribution in [1.82, 2.24) is 9.13 Å². The maximum atomic E-state index is 2.55. The van der Waals surface area contributed by atoms with E-state index in [9.17, 15) is 0 Å². The number of nitrogens with zero attached hydrogens (tertiary/aromatic N) is 3. The van der Waals surface area contributed by atoms with Crippen LogP contribution in [0.15, 0.2) is 206 Å². The molecule has 9 aromatic carbocycles. The first-order valence-corrected chi connectivity index (χ1v) is 21.2. The molecule has 3 heterocycles. The van der Waals surface area contributed by atoms with Gasteiger partial charge < -0.3 is 14.0 Å². The molecule has 0 aliphatic carbocycles. The number of fused-ring (bicyclic) bond motifs is 9. The predicted octanol–water partition coefficient (Wildman–Crippen LogP) is 15.5. The molecule has 3 heteroatoms. The predicted molar refractivity (Wildman–Crippen MR) is 258 cm³/mol. The second-order valence-electron chi connectivity index (χ2n) is 17.0. The fraction of sp³-hybridized carbons (Fsp3) is 0.0690. The number of anilines is 3. The molecule has 2 aromatic heterocycles. The average molecular weight is 782 g/mol. The molecule has 3 nitrogen and oxygen atoms in total. The van der Waals surface area contributed by atoms with Crippen LogP contribution in [0.1, 0.15) is 25.0 Å². The van der Waals surface area contributed by atoms with Gasteiger partial charge in [-0.2, -0.15) is 0 Å². The molecular weight excluding hydrogens is 739 g/mol. The van der Waals surface area contributed by atoms with Crippen LogP contribution in [-0.4, -0.2) is 9.13 Å². The van der Waals surface area contributed by atoms with E-state index in [-0.39, 0.29) is 5.41 Å². The summed E-state index contributed by atoms with van der Waals surface area (Å²) in [5.74, 6) is 0. The van der Waals surface area contributed by atoms with Crippen molar-refractivity contribution in [1.29, 1.82) is 0 Å². The highest BCUT2D eigenvalue weighted by molar-refractivity contribution is 6.27. The molecule has 0 atom stereocenters. The molecule has 0 spiro atoms. The number of aryl methyl sites for hydroxylation is 1. The van der Waals surface area contributed by atoms with Gasteiger partial charge in [0.05, 0.1) is 22.2 Å². The van der Waals surface area contributed by atoms with Gasteiger partial charge in [-0.15, -0.1) is 0 Å². The molecule has 61 heavy (non-hydrogen) atoms. The highest BCUT2D eigenvalue weighted by Gasteiger charge is 2.37. The zero-order valence-corrected chi connectivity index (χ0v) is 34.5. The van der Waals surface area contributed by atoms with Crippen molar-refractivity contribution < 1.29 is 0 Å². The molecule has 1 aliphatic heterocycles. The first-order valence-electron chi connectivity index (χ1n) is 21.2. The summed E-state index contributed by atoms with van der Waals surface area (Å²) in [6.45, 7) is 4.81. The normalized spacial score (nSPS) is 13.0. The zero-order valence-electron chi connectivity index (χ0n) is 34.5. The maximum absolute atomic E-state index is 2.55. The van der Waals surface area contributed by atoms with Gasteiger partial charge in [0, 0.05) is 56.6 Å². The molecule has 0 bridgehead atoms. The van der Waals surface area contributed by atoms with Gasteiger partial charge in [-0.1, -0.05) is 159 Å². The van der Waals surface area contributed by atoms with Gasteiger partial charge in [0.1, 0.15) is 0 Å². The second-order valence-corrected chi connectivity index (χ2v) is 17.0. The second kappa shape index (κ2) is 13.5. The van der Waals surface area contributed by atoms with Crippen LogP contribution in [0.25, 0.3) is 82.7 Å². The molecule has 0 fully saturated rings. The van der Waals surface area contributed by atoms with Crippen LogP contribution in [0.2, 0.25) is 0 Å². The van der Waals surface area contributed by atoms with E-state index < -0.39 is 0 Å². The Hall–Kier alpha value is -7.62. The van der Waals surface area contributed by atoms with Crippen LogP contribution in [0, 0.1) is 0 Å². The number of hydrogen-bond acceptors (Lipinski definition) is 1. The molecular formula is C58H43N3. The number of rotatable bonds is 6. The smallest absolute Gasteiger partial charge is 0.0603 e. The topological polar surface area (TPSA) is 13.1 Å². The quantitative estimate of drug-likeness (QED) is 0.164. The van der Waals surface area contributed by atoms with E-state index >= 15 is 0 Å². The largest absolute Gasteiger partial charge is 0.343 e. The lowest BCUT2D eigenvalue weighted by Crippen LogP contribution is -2.26. The minimum Gasteiger partial charge on any atom is -0.343 e. The van der Waals surface area contributed by atoms with Crippen molar-refractivity contribution in [2.45, 2.75) is 19.3 Å². The highest BCUT2D eigenvalue weighted by Crippen LogP contribution is 2.51. The van der Waals surface area contributed by atoms with Crippen molar-refractivity contribution in [3.8, 4) is 39.1 Å². The van der Waals surface area contributed by atoms with Gasteiger partial charge in [0.2, 0.25) is 0 Å². The number of aromatic nitrogens is 2. The van der Waals surface area contributed by atoms with Crippen LogP contribution in [0.5, 0.6) is 0 Å². The Kier molecular flexibility index (Phi) is 7.79. The van der Waals surface area contributed by atoms with Gasteiger partial charge >= 0.3 is 0 Å². The Labute approximate surface area is 356 Å². The Morgan fingerprint density at radius 1 is 0.377 bits per heavy atom. The Morgan fingerprint density at radius 2 is 0.836 bits per heavy atom. The van der Waals surface area contributed by atoms with E-state index in [0.29, 0.717) is 0 Å². The molecule has 1 aliphatic rings. The third-order valence-electron chi connectivity index (χ3n) is 13.3. The third-order valence-corrected chi connectivity index (χ3v) is 13.3. The zero-order chi connectivity index (χ0) is 40.8.